The Balaban J connectivity index is 1.79. The van der Waals surface area contributed by atoms with Gasteiger partial charge in [-0.1, -0.05) is 60.0 Å². The number of benzene rings is 2. The number of phenols is 1. The van der Waals surface area contributed by atoms with Crippen LogP contribution in [0, 0.1) is 0 Å². The van der Waals surface area contributed by atoms with Gasteiger partial charge < -0.3 is 5.11 Å². The largest absolute Gasteiger partial charge is 0.508 e. The van der Waals surface area contributed by atoms with Gasteiger partial charge in [0.1, 0.15) is 5.75 Å². The van der Waals surface area contributed by atoms with E-state index in [-0.39, 0.29) is 9.81 Å². The first-order chi connectivity index (χ1) is 15.3. The van der Waals surface area contributed by atoms with E-state index in [9.17, 15) is 27.9 Å². The molecule has 0 unspecified atom stereocenters. The highest BCUT2D eigenvalue weighted by Gasteiger charge is 2.45. The zero-order valence-electron chi connectivity index (χ0n) is 16.4. The number of phenolic OH excluding ortho intramolecular Hbond substituents is 1. The van der Waals surface area contributed by atoms with Gasteiger partial charge in [0.15, 0.2) is 0 Å². The van der Waals surface area contributed by atoms with Crippen LogP contribution in [0.25, 0.3) is 0 Å². The van der Waals surface area contributed by atoms with Crippen molar-refractivity contribution < 1.29 is 27.9 Å². The van der Waals surface area contributed by atoms with Crippen molar-refractivity contribution in [1.29, 1.82) is 0 Å². The SMILES string of the molecule is O=C1C(SC2=CC=CCC2)=C(Sc2ccccc2)C(=O)N1c1ccc(O)cc1C(F)(F)F. The molecule has 0 saturated heterocycles. The van der Waals surface area contributed by atoms with Crippen LogP contribution in [0.1, 0.15) is 18.4 Å². The Morgan fingerprint density at radius 1 is 0.938 bits per heavy atom. The Bertz CT molecular complexity index is 1170. The summed E-state index contributed by atoms with van der Waals surface area (Å²) < 4.78 is 40.9. The highest BCUT2D eigenvalue weighted by atomic mass is 32.2. The lowest BCUT2D eigenvalue weighted by atomic mass is 10.1. The maximum Gasteiger partial charge on any atom is 0.418 e. The summed E-state index contributed by atoms with van der Waals surface area (Å²) in [5.41, 5.74) is -1.86. The summed E-state index contributed by atoms with van der Waals surface area (Å²) >= 11 is 2.15. The predicted molar refractivity (Wildman–Crippen MR) is 119 cm³/mol. The fourth-order valence-corrected chi connectivity index (χ4v) is 5.36. The van der Waals surface area contributed by atoms with Crippen LogP contribution in [0.2, 0.25) is 0 Å². The van der Waals surface area contributed by atoms with E-state index in [4.69, 9.17) is 0 Å². The van der Waals surface area contributed by atoms with Crippen LogP contribution in [0.5, 0.6) is 5.75 Å². The minimum atomic E-state index is -4.87. The van der Waals surface area contributed by atoms with Crippen molar-refractivity contribution in [1.82, 2.24) is 0 Å². The Labute approximate surface area is 190 Å². The molecule has 0 radical (unpaired) electrons. The first-order valence-corrected chi connectivity index (χ1v) is 11.2. The maximum absolute atomic E-state index is 13.6. The van der Waals surface area contributed by atoms with E-state index in [1.54, 1.807) is 30.3 Å². The van der Waals surface area contributed by atoms with Gasteiger partial charge >= 0.3 is 6.18 Å². The second-order valence-electron chi connectivity index (χ2n) is 6.92. The highest BCUT2D eigenvalue weighted by molar-refractivity contribution is 8.10. The number of amides is 2. The number of carbonyl (C=O) groups is 2. The van der Waals surface area contributed by atoms with Gasteiger partial charge in [-0.3, -0.25) is 9.59 Å². The van der Waals surface area contributed by atoms with Gasteiger partial charge in [-0.2, -0.15) is 13.2 Å². The van der Waals surface area contributed by atoms with Crippen LogP contribution in [0.3, 0.4) is 0 Å². The second-order valence-corrected chi connectivity index (χ2v) is 9.14. The number of halogens is 3. The molecule has 1 aliphatic heterocycles. The first-order valence-electron chi connectivity index (χ1n) is 9.55. The van der Waals surface area contributed by atoms with Crippen LogP contribution < -0.4 is 4.90 Å². The van der Waals surface area contributed by atoms with Crippen molar-refractivity contribution in [2.75, 3.05) is 4.90 Å². The Kier molecular flexibility index (Phi) is 6.21. The molecule has 0 fully saturated rings. The van der Waals surface area contributed by atoms with E-state index in [1.165, 1.54) is 0 Å². The third-order valence-corrected chi connectivity index (χ3v) is 7.10. The number of aromatic hydroxyl groups is 1. The molecule has 0 atom stereocenters. The Morgan fingerprint density at radius 3 is 2.25 bits per heavy atom. The standard InChI is InChI=1S/C23H16F3NO3S2/c24-23(25,26)17-13-14(28)11-12-18(17)27-21(29)19(31-15-7-3-1-4-8-15)20(22(27)30)32-16-9-5-2-6-10-16/h1-5,7-9,11-13,28H,6,10H2. The number of alkyl halides is 3. The van der Waals surface area contributed by atoms with Crippen molar-refractivity contribution in [2.45, 2.75) is 23.9 Å². The van der Waals surface area contributed by atoms with Crippen LogP contribution in [-0.2, 0) is 15.8 Å². The van der Waals surface area contributed by atoms with Crippen LogP contribution >= 0.6 is 23.5 Å². The third kappa shape index (κ3) is 4.49. The predicted octanol–water partition coefficient (Wildman–Crippen LogP) is 6.26. The molecular formula is C23H16F3NO3S2. The number of hydrogen-bond donors (Lipinski definition) is 1. The minimum absolute atomic E-state index is 0.0721. The molecule has 0 aromatic heterocycles. The fourth-order valence-electron chi connectivity index (χ4n) is 3.24. The third-order valence-electron chi connectivity index (χ3n) is 4.70. The molecule has 1 aliphatic carbocycles. The maximum atomic E-state index is 13.6. The number of allylic oxidation sites excluding steroid dienone is 4. The second kappa shape index (κ2) is 8.91. The van der Waals surface area contributed by atoms with Crippen LogP contribution in [-0.4, -0.2) is 16.9 Å². The van der Waals surface area contributed by atoms with E-state index < -0.39 is 35.0 Å². The van der Waals surface area contributed by atoms with E-state index >= 15 is 0 Å². The summed E-state index contributed by atoms with van der Waals surface area (Å²) in [6, 6.07) is 11.3. The topological polar surface area (TPSA) is 57.6 Å². The lowest BCUT2D eigenvalue weighted by molar-refractivity contribution is -0.137. The average molecular weight is 476 g/mol. The first kappa shape index (κ1) is 22.3. The Hall–Kier alpha value is -2.91. The molecule has 9 heteroatoms. The van der Waals surface area contributed by atoms with E-state index in [0.717, 1.165) is 47.0 Å². The zero-order valence-corrected chi connectivity index (χ0v) is 18.1. The molecular weight excluding hydrogens is 459 g/mol. The van der Waals surface area contributed by atoms with Crippen molar-refractivity contribution in [3.63, 3.8) is 0 Å². The molecule has 0 spiro atoms. The summed E-state index contributed by atoms with van der Waals surface area (Å²) in [6.45, 7) is 0. The number of carbonyl (C=O) groups excluding carboxylic acids is 2. The molecule has 2 aromatic rings. The molecule has 1 N–H and O–H groups in total. The molecule has 1 heterocycles. The minimum Gasteiger partial charge on any atom is -0.508 e. The van der Waals surface area contributed by atoms with Crippen molar-refractivity contribution in [2.24, 2.45) is 0 Å². The van der Waals surface area contributed by atoms with Gasteiger partial charge in [0.25, 0.3) is 11.8 Å². The molecule has 2 aromatic carbocycles. The van der Waals surface area contributed by atoms with E-state index in [1.807, 2.05) is 18.2 Å². The summed E-state index contributed by atoms with van der Waals surface area (Å²) in [5.74, 6) is -2.25. The van der Waals surface area contributed by atoms with Gasteiger partial charge in [0.2, 0.25) is 0 Å². The van der Waals surface area contributed by atoms with Crippen molar-refractivity contribution >= 4 is 41.0 Å². The molecule has 4 nitrogen and oxygen atoms in total. The zero-order chi connectivity index (χ0) is 22.9. The summed E-state index contributed by atoms with van der Waals surface area (Å²) in [5, 5.41) is 9.57. The number of nitrogens with zero attached hydrogens (tertiary/aromatic N) is 1. The molecule has 2 amide bonds. The van der Waals surface area contributed by atoms with E-state index in [0.29, 0.717) is 22.3 Å². The summed E-state index contributed by atoms with van der Waals surface area (Å²) in [4.78, 5) is 28.8. The number of thioether (sulfide) groups is 2. The van der Waals surface area contributed by atoms with Crippen molar-refractivity contribution in [3.8, 4) is 5.75 Å². The van der Waals surface area contributed by atoms with Crippen LogP contribution in [0.15, 0.2) is 86.4 Å². The quantitative estimate of drug-likeness (QED) is 0.518. The number of rotatable bonds is 5. The highest BCUT2D eigenvalue weighted by Crippen LogP contribution is 2.47. The lowest BCUT2D eigenvalue weighted by Gasteiger charge is -2.20. The number of anilines is 1. The molecule has 32 heavy (non-hydrogen) atoms. The fraction of sp³-hybridized carbons (Fsp3) is 0.130. The Morgan fingerprint density at radius 2 is 1.62 bits per heavy atom. The smallest absolute Gasteiger partial charge is 0.418 e. The van der Waals surface area contributed by atoms with Gasteiger partial charge in [-0.05, 0) is 48.1 Å². The van der Waals surface area contributed by atoms with Crippen molar-refractivity contribution in [3.05, 3.63) is 87.0 Å². The number of imide groups is 1. The average Bonchev–Trinajstić information content (AvgIpc) is 2.99. The van der Waals surface area contributed by atoms with Gasteiger partial charge in [-0.15, -0.1) is 0 Å². The van der Waals surface area contributed by atoms with Gasteiger partial charge in [-0.25, -0.2) is 4.90 Å². The normalized spacial score (nSPS) is 16.7. The molecule has 0 saturated carbocycles. The molecule has 0 bridgehead atoms. The molecule has 2 aliphatic rings. The summed E-state index contributed by atoms with van der Waals surface area (Å²) in [7, 11) is 0. The van der Waals surface area contributed by atoms with Gasteiger partial charge in [0, 0.05) is 4.90 Å². The summed E-state index contributed by atoms with van der Waals surface area (Å²) in [6.07, 6.45) is 2.22. The monoisotopic (exact) mass is 475 g/mol. The molecule has 4 rings (SSSR count). The van der Waals surface area contributed by atoms with E-state index in [2.05, 4.69) is 0 Å². The van der Waals surface area contributed by atoms with Crippen LogP contribution in [0.4, 0.5) is 18.9 Å². The number of hydrogen-bond acceptors (Lipinski definition) is 5. The van der Waals surface area contributed by atoms with Gasteiger partial charge in [0.05, 0.1) is 21.1 Å². The molecule has 164 valence electrons. The lowest BCUT2D eigenvalue weighted by Crippen LogP contribution is -2.33.